The lowest BCUT2D eigenvalue weighted by Crippen LogP contribution is -2.44. The van der Waals surface area contributed by atoms with Gasteiger partial charge in [-0.3, -0.25) is 9.69 Å². The highest BCUT2D eigenvalue weighted by Crippen LogP contribution is 2.18. The molecule has 6 nitrogen and oxygen atoms in total. The fourth-order valence-corrected chi connectivity index (χ4v) is 2.60. The second-order valence-electron chi connectivity index (χ2n) is 5.68. The first-order valence-corrected chi connectivity index (χ1v) is 7.65. The van der Waals surface area contributed by atoms with Crippen molar-refractivity contribution in [2.24, 2.45) is 0 Å². The van der Waals surface area contributed by atoms with E-state index in [1.165, 1.54) is 24.3 Å². The van der Waals surface area contributed by atoms with Crippen LogP contribution >= 0.6 is 0 Å². The molecular formula is C16H19FN4O2. The number of carbonyl (C=O) groups is 1. The van der Waals surface area contributed by atoms with Crippen LogP contribution in [0.3, 0.4) is 0 Å². The van der Waals surface area contributed by atoms with Gasteiger partial charge >= 0.3 is 0 Å². The number of benzene rings is 1. The number of rotatable bonds is 5. The Morgan fingerprint density at radius 1 is 1.43 bits per heavy atom. The molecule has 1 saturated heterocycles. The van der Waals surface area contributed by atoms with Gasteiger partial charge in [-0.25, -0.2) is 4.39 Å². The van der Waals surface area contributed by atoms with Gasteiger partial charge in [0, 0.05) is 38.0 Å². The second-order valence-corrected chi connectivity index (χ2v) is 5.68. The third-order valence-electron chi connectivity index (χ3n) is 4.02. The number of nitrogens with one attached hydrogen (secondary N) is 1. The zero-order valence-electron chi connectivity index (χ0n) is 13.0. The van der Waals surface area contributed by atoms with Gasteiger partial charge in [-0.2, -0.15) is 4.98 Å². The lowest BCUT2D eigenvalue weighted by atomic mass is 10.1. The van der Waals surface area contributed by atoms with Crippen molar-refractivity contribution in [3.8, 4) is 0 Å². The number of hydrogen-bond donors (Lipinski definition) is 1. The van der Waals surface area contributed by atoms with Crippen LogP contribution in [-0.2, 0) is 6.42 Å². The van der Waals surface area contributed by atoms with Gasteiger partial charge < -0.3 is 9.84 Å². The number of halogens is 1. The van der Waals surface area contributed by atoms with E-state index < -0.39 is 0 Å². The number of likely N-dealkylation sites (N-methyl/N-ethyl adjacent to an activating group) is 1. The smallest absolute Gasteiger partial charge is 0.227 e. The van der Waals surface area contributed by atoms with Gasteiger partial charge in [-0.15, -0.1) is 0 Å². The average molecular weight is 318 g/mol. The first kappa shape index (κ1) is 15.8. The molecule has 2 aromatic rings. The minimum atomic E-state index is -0.353. The summed E-state index contributed by atoms with van der Waals surface area (Å²) in [4.78, 5) is 18.6. The quantitative estimate of drug-likeness (QED) is 0.844. The molecule has 0 bridgehead atoms. The van der Waals surface area contributed by atoms with E-state index in [-0.39, 0.29) is 24.1 Å². The third-order valence-corrected chi connectivity index (χ3v) is 4.02. The van der Waals surface area contributed by atoms with Gasteiger partial charge in [0.15, 0.2) is 11.6 Å². The van der Waals surface area contributed by atoms with Crippen molar-refractivity contribution in [1.82, 2.24) is 20.4 Å². The maximum atomic E-state index is 12.9. The molecule has 122 valence electrons. The van der Waals surface area contributed by atoms with Crippen molar-refractivity contribution in [3.05, 3.63) is 47.4 Å². The highest BCUT2D eigenvalue weighted by Gasteiger charge is 2.25. The molecule has 0 spiro atoms. The van der Waals surface area contributed by atoms with Gasteiger partial charge in [-0.1, -0.05) is 5.16 Å². The molecule has 0 amide bonds. The van der Waals surface area contributed by atoms with Crippen molar-refractivity contribution in [2.75, 3.05) is 26.7 Å². The molecule has 0 aliphatic carbocycles. The van der Waals surface area contributed by atoms with Crippen molar-refractivity contribution < 1.29 is 13.7 Å². The monoisotopic (exact) mass is 318 g/mol. The lowest BCUT2D eigenvalue weighted by Gasteiger charge is -2.30. The predicted octanol–water partition coefficient (Wildman–Crippen LogP) is 1.60. The SMILES string of the molecule is CN1CCNCC1c1noc(CCC(=O)c2ccc(F)cc2)n1. The van der Waals surface area contributed by atoms with Crippen molar-refractivity contribution >= 4 is 5.78 Å². The summed E-state index contributed by atoms with van der Waals surface area (Å²) in [6, 6.07) is 5.63. The molecule has 1 aromatic heterocycles. The Kier molecular flexibility index (Phi) is 4.78. The topological polar surface area (TPSA) is 71.3 Å². The summed E-state index contributed by atoms with van der Waals surface area (Å²) in [5.41, 5.74) is 0.488. The molecule has 1 atom stereocenters. The zero-order chi connectivity index (χ0) is 16.2. The molecule has 1 aromatic carbocycles. The van der Waals surface area contributed by atoms with E-state index in [0.717, 1.165) is 19.6 Å². The second kappa shape index (κ2) is 6.97. The Labute approximate surface area is 133 Å². The molecular weight excluding hydrogens is 299 g/mol. The Balaban J connectivity index is 1.58. The fraction of sp³-hybridized carbons (Fsp3) is 0.438. The molecule has 1 unspecified atom stereocenters. The minimum absolute atomic E-state index is 0.0683. The third kappa shape index (κ3) is 3.80. The number of aryl methyl sites for hydroxylation is 1. The summed E-state index contributed by atoms with van der Waals surface area (Å²) in [5.74, 6) is 0.674. The Morgan fingerprint density at radius 2 is 2.22 bits per heavy atom. The van der Waals surface area contributed by atoms with E-state index in [0.29, 0.717) is 23.7 Å². The van der Waals surface area contributed by atoms with Crippen molar-refractivity contribution in [2.45, 2.75) is 18.9 Å². The van der Waals surface area contributed by atoms with Crippen LogP contribution in [0.15, 0.2) is 28.8 Å². The zero-order valence-corrected chi connectivity index (χ0v) is 13.0. The Morgan fingerprint density at radius 3 is 2.96 bits per heavy atom. The largest absolute Gasteiger partial charge is 0.339 e. The molecule has 1 fully saturated rings. The number of ketones is 1. The first-order valence-electron chi connectivity index (χ1n) is 7.65. The normalized spacial score (nSPS) is 19.0. The van der Waals surface area contributed by atoms with Gasteiger partial charge in [0.05, 0.1) is 6.04 Å². The fourth-order valence-electron chi connectivity index (χ4n) is 2.60. The van der Waals surface area contributed by atoms with Crippen LogP contribution in [0, 0.1) is 5.82 Å². The van der Waals surface area contributed by atoms with E-state index in [9.17, 15) is 9.18 Å². The summed E-state index contributed by atoms with van der Waals surface area (Å²) < 4.78 is 18.1. The van der Waals surface area contributed by atoms with Crippen LogP contribution in [0.1, 0.15) is 34.5 Å². The molecule has 1 N–H and O–H groups in total. The maximum absolute atomic E-state index is 12.9. The standard InChI is InChI=1S/C16H19FN4O2/c1-21-9-8-18-10-13(21)16-19-15(23-20-16)7-6-14(22)11-2-4-12(17)5-3-11/h2-5,13,18H,6-10H2,1H3. The van der Waals surface area contributed by atoms with Gasteiger partial charge in [0.25, 0.3) is 0 Å². The minimum Gasteiger partial charge on any atom is -0.339 e. The van der Waals surface area contributed by atoms with Crippen LogP contribution in [0.5, 0.6) is 0 Å². The van der Waals surface area contributed by atoms with Crippen LogP contribution in [0.25, 0.3) is 0 Å². The lowest BCUT2D eigenvalue weighted by molar-refractivity contribution is 0.0979. The molecule has 1 aliphatic rings. The van der Waals surface area contributed by atoms with Crippen LogP contribution < -0.4 is 5.32 Å². The molecule has 2 heterocycles. The Bertz CT molecular complexity index is 671. The number of piperazine rings is 1. The molecule has 0 saturated carbocycles. The van der Waals surface area contributed by atoms with Crippen LogP contribution in [0.4, 0.5) is 4.39 Å². The first-order chi connectivity index (χ1) is 11.1. The number of nitrogens with zero attached hydrogens (tertiary/aromatic N) is 3. The highest BCUT2D eigenvalue weighted by atomic mass is 19.1. The predicted molar refractivity (Wildman–Crippen MR) is 81.6 cm³/mol. The summed E-state index contributed by atoms with van der Waals surface area (Å²) in [5, 5.41) is 7.33. The summed E-state index contributed by atoms with van der Waals surface area (Å²) in [6.07, 6.45) is 0.638. The van der Waals surface area contributed by atoms with Gasteiger partial charge in [0.2, 0.25) is 5.89 Å². The highest BCUT2D eigenvalue weighted by molar-refractivity contribution is 5.96. The maximum Gasteiger partial charge on any atom is 0.227 e. The van der Waals surface area contributed by atoms with E-state index >= 15 is 0 Å². The van der Waals surface area contributed by atoms with E-state index in [2.05, 4.69) is 20.4 Å². The average Bonchev–Trinajstić information content (AvgIpc) is 3.02. The molecule has 23 heavy (non-hydrogen) atoms. The van der Waals surface area contributed by atoms with Crippen LogP contribution in [-0.4, -0.2) is 47.5 Å². The number of hydrogen-bond acceptors (Lipinski definition) is 6. The summed E-state index contributed by atoms with van der Waals surface area (Å²) in [6.45, 7) is 2.66. The van der Waals surface area contributed by atoms with E-state index in [1.807, 2.05) is 7.05 Å². The molecule has 3 rings (SSSR count). The number of carbonyl (C=O) groups excluding carboxylic acids is 1. The van der Waals surface area contributed by atoms with Gasteiger partial charge in [-0.05, 0) is 31.3 Å². The van der Waals surface area contributed by atoms with Gasteiger partial charge in [0.1, 0.15) is 5.82 Å². The van der Waals surface area contributed by atoms with Crippen LogP contribution in [0.2, 0.25) is 0 Å². The molecule has 0 radical (unpaired) electrons. The number of aromatic nitrogens is 2. The Hall–Kier alpha value is -2.12. The van der Waals surface area contributed by atoms with E-state index in [1.54, 1.807) is 0 Å². The summed E-state index contributed by atoms with van der Waals surface area (Å²) >= 11 is 0. The molecule has 7 heteroatoms. The number of Topliss-reactive ketones (excluding diaryl/α,β-unsaturated/α-hetero) is 1. The summed E-state index contributed by atoms with van der Waals surface area (Å²) in [7, 11) is 2.03. The van der Waals surface area contributed by atoms with Crippen molar-refractivity contribution in [3.63, 3.8) is 0 Å². The molecule has 1 aliphatic heterocycles. The van der Waals surface area contributed by atoms with E-state index in [4.69, 9.17) is 4.52 Å². The van der Waals surface area contributed by atoms with Crippen molar-refractivity contribution in [1.29, 1.82) is 0 Å².